The molecule has 1 aromatic heterocycles. The maximum absolute atomic E-state index is 10.5. The summed E-state index contributed by atoms with van der Waals surface area (Å²) in [5.41, 5.74) is 0. The van der Waals surface area contributed by atoms with E-state index in [1.807, 2.05) is 0 Å². The summed E-state index contributed by atoms with van der Waals surface area (Å²) in [6.45, 7) is 1.55. The molecule has 11 heavy (non-hydrogen) atoms. The Morgan fingerprint density at radius 3 is 2.55 bits per heavy atom. The van der Waals surface area contributed by atoms with Crippen LogP contribution < -0.4 is 4.18 Å². The molecule has 0 fully saturated rings. The van der Waals surface area contributed by atoms with Crippen LogP contribution in [0, 0.1) is 6.92 Å². The summed E-state index contributed by atoms with van der Waals surface area (Å²) in [5.74, 6) is 0.323. The molecule has 0 aliphatic heterocycles. The van der Waals surface area contributed by atoms with E-state index in [2.05, 4.69) is 18.8 Å². The van der Waals surface area contributed by atoms with E-state index in [-0.39, 0.29) is 6.08 Å². The van der Waals surface area contributed by atoms with E-state index in [0.29, 0.717) is 5.82 Å². The molecule has 62 valence electrons. The van der Waals surface area contributed by atoms with Crippen LogP contribution in [0.4, 0.5) is 0 Å². The first-order valence-electron chi connectivity index (χ1n) is 2.67. The van der Waals surface area contributed by atoms with Crippen LogP contribution in [0.3, 0.4) is 0 Å². The second kappa shape index (κ2) is 2.50. The SMILES string of the molecule is Cc1noc(OS(C)(=O)=O)n1. The summed E-state index contributed by atoms with van der Waals surface area (Å²) in [6, 6.07) is 0. The van der Waals surface area contributed by atoms with Crippen LogP contribution in [-0.2, 0) is 10.1 Å². The molecule has 6 nitrogen and oxygen atoms in total. The Labute approximate surface area is 63.3 Å². The molecule has 0 atom stereocenters. The van der Waals surface area contributed by atoms with Gasteiger partial charge in [-0.15, -0.1) is 0 Å². The highest BCUT2D eigenvalue weighted by atomic mass is 32.2. The fourth-order valence-electron chi connectivity index (χ4n) is 0.441. The highest BCUT2D eigenvalue weighted by Crippen LogP contribution is 2.06. The fourth-order valence-corrected chi connectivity index (χ4v) is 0.768. The van der Waals surface area contributed by atoms with Gasteiger partial charge in [-0.1, -0.05) is 5.16 Å². The van der Waals surface area contributed by atoms with E-state index in [9.17, 15) is 8.42 Å². The smallest absolute Gasteiger partial charge is 0.327 e. The quantitative estimate of drug-likeness (QED) is 0.579. The van der Waals surface area contributed by atoms with Crippen molar-refractivity contribution >= 4 is 10.1 Å². The van der Waals surface area contributed by atoms with Crippen molar-refractivity contribution in [3.63, 3.8) is 0 Å². The lowest BCUT2D eigenvalue weighted by molar-refractivity contribution is 0.310. The van der Waals surface area contributed by atoms with Gasteiger partial charge >= 0.3 is 16.2 Å². The van der Waals surface area contributed by atoms with Gasteiger partial charge in [0.1, 0.15) is 0 Å². The summed E-state index contributed by atoms with van der Waals surface area (Å²) in [4.78, 5) is 3.52. The standard InChI is InChI=1S/C4H6N2O4S/c1-3-5-4(9-6-3)10-11(2,7)8/h1-2H3. The van der Waals surface area contributed by atoms with Gasteiger partial charge in [0.2, 0.25) is 0 Å². The molecule has 1 aromatic rings. The monoisotopic (exact) mass is 178 g/mol. The van der Waals surface area contributed by atoms with Crippen molar-refractivity contribution in [2.24, 2.45) is 0 Å². The van der Waals surface area contributed by atoms with Gasteiger partial charge in [-0.05, 0) is 6.92 Å². The maximum atomic E-state index is 10.5. The minimum atomic E-state index is -3.56. The number of aromatic nitrogens is 2. The van der Waals surface area contributed by atoms with Gasteiger partial charge < -0.3 is 4.18 Å². The van der Waals surface area contributed by atoms with Crippen molar-refractivity contribution in [3.8, 4) is 6.08 Å². The van der Waals surface area contributed by atoms with Crippen LogP contribution in [0.1, 0.15) is 5.82 Å². The molecular formula is C4H6N2O4S. The molecule has 0 N–H and O–H groups in total. The number of hydrogen-bond acceptors (Lipinski definition) is 6. The van der Waals surface area contributed by atoms with E-state index in [1.165, 1.54) is 0 Å². The largest absolute Gasteiger partial charge is 0.433 e. The third-order valence-electron chi connectivity index (χ3n) is 0.732. The number of rotatable bonds is 2. The molecule has 0 saturated carbocycles. The summed E-state index contributed by atoms with van der Waals surface area (Å²) in [5, 5.41) is 3.33. The Balaban J connectivity index is 2.81. The topological polar surface area (TPSA) is 82.3 Å². The number of nitrogens with zero attached hydrogens (tertiary/aromatic N) is 2. The molecule has 0 bridgehead atoms. The predicted octanol–water partition coefficient (Wildman–Crippen LogP) is -0.284. The normalized spacial score (nSPS) is 11.5. The highest BCUT2D eigenvalue weighted by Gasteiger charge is 2.09. The molecule has 0 unspecified atom stereocenters. The number of hydrogen-bond donors (Lipinski definition) is 0. The van der Waals surface area contributed by atoms with Crippen molar-refractivity contribution in [2.45, 2.75) is 6.92 Å². The minimum absolute atomic E-state index is 0.323. The van der Waals surface area contributed by atoms with Crippen LogP contribution in [-0.4, -0.2) is 24.8 Å². The Kier molecular flexibility index (Phi) is 1.81. The lowest BCUT2D eigenvalue weighted by Crippen LogP contribution is -2.05. The molecule has 0 aliphatic carbocycles. The highest BCUT2D eigenvalue weighted by molar-refractivity contribution is 7.86. The maximum Gasteiger partial charge on any atom is 0.433 e. The molecule has 0 aromatic carbocycles. The van der Waals surface area contributed by atoms with Crippen molar-refractivity contribution in [3.05, 3.63) is 5.82 Å². The summed E-state index contributed by atoms with van der Waals surface area (Å²) in [6.07, 6.45) is 0.539. The van der Waals surface area contributed by atoms with E-state index in [0.717, 1.165) is 6.26 Å². The van der Waals surface area contributed by atoms with E-state index in [1.54, 1.807) is 6.92 Å². The van der Waals surface area contributed by atoms with Crippen molar-refractivity contribution in [1.82, 2.24) is 10.1 Å². The molecule has 0 radical (unpaired) electrons. The van der Waals surface area contributed by atoms with E-state index < -0.39 is 10.1 Å². The van der Waals surface area contributed by atoms with Crippen LogP contribution in [0.25, 0.3) is 0 Å². The molecule has 0 amide bonds. The second-order valence-corrected chi connectivity index (χ2v) is 3.47. The first-order chi connectivity index (χ1) is 4.97. The molecule has 0 spiro atoms. The van der Waals surface area contributed by atoms with Gasteiger partial charge in [0.25, 0.3) is 0 Å². The third kappa shape index (κ3) is 2.54. The predicted molar refractivity (Wildman–Crippen MR) is 34.5 cm³/mol. The first-order valence-corrected chi connectivity index (χ1v) is 4.49. The zero-order valence-corrected chi connectivity index (χ0v) is 6.75. The number of aryl methyl sites for hydroxylation is 1. The van der Waals surface area contributed by atoms with Gasteiger partial charge in [-0.2, -0.15) is 13.4 Å². The summed E-state index contributed by atoms with van der Waals surface area (Å²) < 4.78 is 29.6. The fraction of sp³-hybridized carbons (Fsp3) is 0.500. The van der Waals surface area contributed by atoms with Gasteiger partial charge in [0, 0.05) is 0 Å². The molecule has 0 aliphatic rings. The second-order valence-electron chi connectivity index (χ2n) is 1.89. The zero-order chi connectivity index (χ0) is 8.48. The molecule has 1 heterocycles. The minimum Gasteiger partial charge on any atom is -0.327 e. The van der Waals surface area contributed by atoms with Crippen LogP contribution in [0.15, 0.2) is 4.52 Å². The third-order valence-corrected chi connectivity index (χ3v) is 1.18. The Hall–Kier alpha value is -1.11. The summed E-state index contributed by atoms with van der Waals surface area (Å²) >= 11 is 0. The average molecular weight is 178 g/mol. The van der Waals surface area contributed by atoms with Crippen LogP contribution in [0.5, 0.6) is 6.08 Å². The lowest BCUT2D eigenvalue weighted by atomic mass is 10.8. The lowest BCUT2D eigenvalue weighted by Gasteiger charge is -1.91. The van der Waals surface area contributed by atoms with E-state index in [4.69, 9.17) is 0 Å². The van der Waals surface area contributed by atoms with Gasteiger partial charge in [0.15, 0.2) is 5.82 Å². The molecule has 0 saturated heterocycles. The van der Waals surface area contributed by atoms with Crippen molar-refractivity contribution in [2.75, 3.05) is 6.26 Å². The van der Waals surface area contributed by atoms with Crippen molar-refractivity contribution < 1.29 is 17.1 Å². The average Bonchev–Trinajstić information content (AvgIpc) is 2.10. The Morgan fingerprint density at radius 1 is 1.55 bits per heavy atom. The Morgan fingerprint density at radius 2 is 2.18 bits per heavy atom. The van der Waals surface area contributed by atoms with Crippen LogP contribution in [0.2, 0.25) is 0 Å². The molecule has 7 heteroatoms. The van der Waals surface area contributed by atoms with Crippen LogP contribution >= 0.6 is 0 Å². The van der Waals surface area contributed by atoms with E-state index >= 15 is 0 Å². The van der Waals surface area contributed by atoms with Gasteiger partial charge in [-0.25, -0.2) is 0 Å². The summed E-state index contributed by atoms with van der Waals surface area (Å²) in [7, 11) is -3.56. The molecule has 1 rings (SSSR count). The molecular weight excluding hydrogens is 172 g/mol. The van der Waals surface area contributed by atoms with Gasteiger partial charge in [0.05, 0.1) is 6.26 Å². The van der Waals surface area contributed by atoms with Crippen molar-refractivity contribution in [1.29, 1.82) is 0 Å². The van der Waals surface area contributed by atoms with Gasteiger partial charge in [-0.3, -0.25) is 4.52 Å². The Bertz CT molecular complexity index is 341. The first kappa shape index (κ1) is 7.99. The zero-order valence-electron chi connectivity index (χ0n) is 5.94.